The lowest BCUT2D eigenvalue weighted by Crippen LogP contribution is -2.25. The van der Waals surface area contributed by atoms with Crippen molar-refractivity contribution in [2.45, 2.75) is 39.5 Å². The van der Waals surface area contributed by atoms with Gasteiger partial charge in [0.1, 0.15) is 0 Å². The van der Waals surface area contributed by atoms with Crippen LogP contribution in [-0.4, -0.2) is 29.1 Å². The number of anilines is 1. The van der Waals surface area contributed by atoms with Crippen molar-refractivity contribution in [1.29, 1.82) is 0 Å². The van der Waals surface area contributed by atoms with E-state index in [1.807, 2.05) is 0 Å². The van der Waals surface area contributed by atoms with Crippen LogP contribution >= 0.6 is 11.3 Å². The van der Waals surface area contributed by atoms with Gasteiger partial charge >= 0.3 is 5.97 Å². The summed E-state index contributed by atoms with van der Waals surface area (Å²) in [6, 6.07) is 0. The van der Waals surface area contributed by atoms with E-state index < -0.39 is 5.97 Å². The highest BCUT2D eigenvalue weighted by Crippen LogP contribution is 2.21. The Balaban J connectivity index is 2.68. The molecule has 0 fully saturated rings. The second-order valence-electron chi connectivity index (χ2n) is 4.01. The molecule has 0 radical (unpaired) electrons. The molecule has 5 heteroatoms. The summed E-state index contributed by atoms with van der Waals surface area (Å²) in [6.07, 6.45) is 4.51. The molecule has 0 aliphatic rings. The summed E-state index contributed by atoms with van der Waals surface area (Å²) < 4.78 is 0. The summed E-state index contributed by atoms with van der Waals surface area (Å²) in [7, 11) is 0. The number of carboxylic acid groups (broad SMARTS) is 1. The Morgan fingerprint density at radius 3 is 2.35 bits per heavy atom. The summed E-state index contributed by atoms with van der Waals surface area (Å²) in [6.45, 7) is 6.23. The number of aromatic carboxylic acids is 1. The van der Waals surface area contributed by atoms with Gasteiger partial charge in [-0.25, -0.2) is 9.78 Å². The number of hydrogen-bond donors (Lipinski definition) is 1. The molecule has 0 aromatic carbocycles. The maximum atomic E-state index is 10.8. The van der Waals surface area contributed by atoms with E-state index >= 15 is 0 Å². The lowest BCUT2D eigenvalue weighted by molar-refractivity contribution is 0.0691. The number of rotatable bonds is 8. The molecule has 0 saturated carbocycles. The van der Waals surface area contributed by atoms with Crippen molar-refractivity contribution in [1.82, 2.24) is 4.98 Å². The smallest absolute Gasteiger partial charge is 0.355 e. The van der Waals surface area contributed by atoms with Gasteiger partial charge in [0.2, 0.25) is 0 Å². The Morgan fingerprint density at radius 2 is 1.94 bits per heavy atom. The maximum Gasteiger partial charge on any atom is 0.355 e. The Kier molecular flexibility index (Phi) is 5.97. The first-order valence-corrected chi connectivity index (χ1v) is 7.00. The van der Waals surface area contributed by atoms with Crippen molar-refractivity contribution >= 4 is 22.4 Å². The minimum atomic E-state index is -0.946. The van der Waals surface area contributed by atoms with E-state index in [2.05, 4.69) is 23.7 Å². The maximum absolute atomic E-state index is 10.8. The normalized spacial score (nSPS) is 10.5. The van der Waals surface area contributed by atoms with Crippen LogP contribution in [0.5, 0.6) is 0 Å². The number of thiazole rings is 1. The molecule has 0 aliphatic carbocycles. The number of carboxylic acids is 1. The van der Waals surface area contributed by atoms with Gasteiger partial charge in [0.25, 0.3) is 0 Å². The summed E-state index contributed by atoms with van der Waals surface area (Å²) in [5, 5.41) is 11.3. The number of unbranched alkanes of at least 4 members (excludes halogenated alkanes) is 2. The molecule has 1 rings (SSSR count). The van der Waals surface area contributed by atoms with Crippen molar-refractivity contribution in [2.24, 2.45) is 0 Å². The molecule has 0 bridgehead atoms. The topological polar surface area (TPSA) is 53.4 Å². The SMILES string of the molecule is CCCCN(CCCC)c1nc(C(=O)O)cs1. The average molecular weight is 256 g/mol. The van der Waals surface area contributed by atoms with E-state index in [4.69, 9.17) is 5.11 Å². The molecule has 1 N–H and O–H groups in total. The van der Waals surface area contributed by atoms with Gasteiger partial charge in [-0.1, -0.05) is 26.7 Å². The quantitative estimate of drug-likeness (QED) is 0.775. The van der Waals surface area contributed by atoms with Crippen LogP contribution in [0, 0.1) is 0 Å². The summed E-state index contributed by atoms with van der Waals surface area (Å²) in [5.41, 5.74) is 0.156. The fraction of sp³-hybridized carbons (Fsp3) is 0.667. The van der Waals surface area contributed by atoms with Crippen LogP contribution in [0.4, 0.5) is 5.13 Å². The van der Waals surface area contributed by atoms with E-state index in [-0.39, 0.29) is 5.69 Å². The lowest BCUT2D eigenvalue weighted by atomic mass is 10.3. The fourth-order valence-corrected chi connectivity index (χ4v) is 2.36. The van der Waals surface area contributed by atoms with Gasteiger partial charge in [-0.15, -0.1) is 11.3 Å². The minimum absolute atomic E-state index is 0.156. The zero-order chi connectivity index (χ0) is 12.7. The molecule has 1 aromatic rings. The summed E-state index contributed by atoms with van der Waals surface area (Å²) >= 11 is 1.42. The highest BCUT2D eigenvalue weighted by atomic mass is 32.1. The predicted molar refractivity (Wildman–Crippen MR) is 71.1 cm³/mol. The molecule has 1 heterocycles. The molecule has 0 spiro atoms. The molecular formula is C12H20N2O2S. The van der Waals surface area contributed by atoms with Crippen LogP contribution in [0.15, 0.2) is 5.38 Å². The second-order valence-corrected chi connectivity index (χ2v) is 4.85. The van der Waals surface area contributed by atoms with E-state index in [9.17, 15) is 4.79 Å². The van der Waals surface area contributed by atoms with Gasteiger partial charge < -0.3 is 10.0 Å². The first-order valence-electron chi connectivity index (χ1n) is 6.12. The van der Waals surface area contributed by atoms with Crippen molar-refractivity contribution in [2.75, 3.05) is 18.0 Å². The van der Waals surface area contributed by atoms with Crippen LogP contribution in [-0.2, 0) is 0 Å². The molecular weight excluding hydrogens is 236 g/mol. The number of carbonyl (C=O) groups is 1. The molecule has 0 unspecified atom stereocenters. The minimum Gasteiger partial charge on any atom is -0.476 e. The highest BCUT2D eigenvalue weighted by molar-refractivity contribution is 7.13. The standard InChI is InChI=1S/C12H20N2O2S/c1-3-5-7-14(8-6-4-2)12-13-10(9-17-12)11(15)16/h9H,3-8H2,1-2H3,(H,15,16). The van der Waals surface area contributed by atoms with Gasteiger partial charge in [0, 0.05) is 18.5 Å². The Morgan fingerprint density at radius 1 is 1.35 bits per heavy atom. The second kappa shape index (κ2) is 7.27. The number of aromatic nitrogens is 1. The van der Waals surface area contributed by atoms with Crippen molar-refractivity contribution in [3.63, 3.8) is 0 Å². The third-order valence-corrected chi connectivity index (χ3v) is 3.45. The molecule has 0 amide bonds. The van der Waals surface area contributed by atoms with E-state index in [1.165, 1.54) is 11.3 Å². The number of nitrogens with zero attached hydrogens (tertiary/aromatic N) is 2. The number of hydrogen-bond acceptors (Lipinski definition) is 4. The Bertz CT molecular complexity index is 344. The lowest BCUT2D eigenvalue weighted by Gasteiger charge is -2.21. The van der Waals surface area contributed by atoms with Crippen molar-refractivity contribution in [3.8, 4) is 0 Å². The van der Waals surface area contributed by atoms with Gasteiger partial charge in [-0.2, -0.15) is 0 Å². The van der Waals surface area contributed by atoms with Crippen LogP contribution in [0.3, 0.4) is 0 Å². The molecule has 0 aliphatic heterocycles. The summed E-state index contributed by atoms with van der Waals surface area (Å²) in [5.74, 6) is -0.946. The molecule has 1 aromatic heterocycles. The Hall–Kier alpha value is -1.10. The van der Waals surface area contributed by atoms with E-state index in [0.29, 0.717) is 0 Å². The van der Waals surface area contributed by atoms with Crippen LogP contribution in [0.1, 0.15) is 50.0 Å². The first kappa shape index (κ1) is 14.0. The van der Waals surface area contributed by atoms with Crippen molar-refractivity contribution < 1.29 is 9.90 Å². The van der Waals surface area contributed by atoms with Gasteiger partial charge in [0.05, 0.1) is 0 Å². The largest absolute Gasteiger partial charge is 0.476 e. The van der Waals surface area contributed by atoms with Gasteiger partial charge in [-0.05, 0) is 12.8 Å². The van der Waals surface area contributed by atoms with Crippen LogP contribution in [0.2, 0.25) is 0 Å². The monoisotopic (exact) mass is 256 g/mol. The van der Waals surface area contributed by atoms with Gasteiger partial charge in [-0.3, -0.25) is 0 Å². The average Bonchev–Trinajstić information content (AvgIpc) is 2.79. The third-order valence-electron chi connectivity index (χ3n) is 2.54. The highest BCUT2D eigenvalue weighted by Gasteiger charge is 2.13. The molecule has 17 heavy (non-hydrogen) atoms. The van der Waals surface area contributed by atoms with Gasteiger partial charge in [0.15, 0.2) is 10.8 Å². The van der Waals surface area contributed by atoms with E-state index in [0.717, 1.165) is 43.9 Å². The zero-order valence-corrected chi connectivity index (χ0v) is 11.3. The van der Waals surface area contributed by atoms with Crippen LogP contribution in [0.25, 0.3) is 0 Å². The van der Waals surface area contributed by atoms with E-state index in [1.54, 1.807) is 5.38 Å². The Labute approximate surface area is 106 Å². The predicted octanol–water partition coefficient (Wildman–Crippen LogP) is 3.25. The third kappa shape index (κ3) is 4.34. The molecule has 4 nitrogen and oxygen atoms in total. The van der Waals surface area contributed by atoms with Crippen LogP contribution < -0.4 is 4.90 Å². The summed E-state index contributed by atoms with van der Waals surface area (Å²) in [4.78, 5) is 17.1. The molecule has 0 saturated heterocycles. The van der Waals surface area contributed by atoms with Crippen molar-refractivity contribution in [3.05, 3.63) is 11.1 Å². The fourth-order valence-electron chi connectivity index (χ4n) is 1.51. The first-order chi connectivity index (χ1) is 8.19. The zero-order valence-electron chi connectivity index (χ0n) is 10.5. The molecule has 96 valence electrons. The molecule has 0 atom stereocenters.